The van der Waals surface area contributed by atoms with Crippen molar-refractivity contribution >= 4 is 11.8 Å². The maximum Gasteiger partial charge on any atom is 0.245 e. The molecule has 0 aromatic carbocycles. The van der Waals surface area contributed by atoms with Crippen molar-refractivity contribution < 1.29 is 9.59 Å². The quantitative estimate of drug-likeness (QED) is 0.740. The number of fused-ring (bicyclic) bond motifs is 1. The third-order valence-electron chi connectivity index (χ3n) is 4.99. The molecule has 2 aliphatic heterocycles. The van der Waals surface area contributed by atoms with Crippen LogP contribution >= 0.6 is 0 Å². The lowest BCUT2D eigenvalue weighted by Gasteiger charge is -2.38. The van der Waals surface area contributed by atoms with E-state index in [1.807, 2.05) is 4.90 Å². The zero-order valence-electron chi connectivity index (χ0n) is 11.1. The number of carbonyl (C=O) groups is 2. The highest BCUT2D eigenvalue weighted by Crippen LogP contribution is 2.33. The molecule has 0 aromatic rings. The summed E-state index contributed by atoms with van der Waals surface area (Å²) in [5, 5.41) is 0. The van der Waals surface area contributed by atoms with E-state index in [-0.39, 0.29) is 17.9 Å². The lowest BCUT2D eigenvalue weighted by molar-refractivity contribution is -0.154. The van der Waals surface area contributed by atoms with Crippen molar-refractivity contribution in [3.63, 3.8) is 0 Å². The molecule has 2 amide bonds. The predicted octanol–water partition coefficient (Wildman–Crippen LogP) is 1.26. The van der Waals surface area contributed by atoms with Crippen LogP contribution in [0.2, 0.25) is 0 Å². The van der Waals surface area contributed by atoms with E-state index in [1.165, 1.54) is 19.3 Å². The number of rotatable bonds is 2. The SMILES string of the molecule is CC1CCCC1CN1CC(=O)N2CCCC2C1=O. The smallest absolute Gasteiger partial charge is 0.245 e. The molecule has 18 heavy (non-hydrogen) atoms. The molecule has 1 aliphatic carbocycles. The van der Waals surface area contributed by atoms with Crippen molar-refractivity contribution in [2.24, 2.45) is 11.8 Å². The number of nitrogens with zero attached hydrogens (tertiary/aromatic N) is 2. The zero-order chi connectivity index (χ0) is 12.7. The molecule has 2 heterocycles. The maximum absolute atomic E-state index is 12.4. The van der Waals surface area contributed by atoms with E-state index in [1.54, 1.807) is 4.90 Å². The summed E-state index contributed by atoms with van der Waals surface area (Å²) in [7, 11) is 0. The molecule has 3 aliphatic rings. The van der Waals surface area contributed by atoms with Crippen LogP contribution in [0.1, 0.15) is 39.0 Å². The molecule has 0 aromatic heterocycles. The predicted molar refractivity (Wildman–Crippen MR) is 67.8 cm³/mol. The fourth-order valence-corrected chi connectivity index (χ4v) is 3.80. The molecule has 4 heteroatoms. The molecule has 0 N–H and O–H groups in total. The van der Waals surface area contributed by atoms with Gasteiger partial charge in [0.05, 0.1) is 6.54 Å². The maximum atomic E-state index is 12.4. The van der Waals surface area contributed by atoms with Gasteiger partial charge in [0.2, 0.25) is 11.8 Å². The Bertz CT molecular complexity index is 369. The topological polar surface area (TPSA) is 40.6 Å². The van der Waals surface area contributed by atoms with Crippen molar-refractivity contribution in [3.05, 3.63) is 0 Å². The van der Waals surface area contributed by atoms with E-state index in [0.717, 1.165) is 25.9 Å². The van der Waals surface area contributed by atoms with Gasteiger partial charge in [0, 0.05) is 13.1 Å². The molecular weight excluding hydrogens is 228 g/mol. The second kappa shape index (κ2) is 4.56. The van der Waals surface area contributed by atoms with E-state index in [4.69, 9.17) is 0 Å². The Labute approximate surface area is 108 Å². The number of amides is 2. The summed E-state index contributed by atoms with van der Waals surface area (Å²) in [6.45, 7) is 4.17. The lowest BCUT2D eigenvalue weighted by atomic mass is 9.96. The van der Waals surface area contributed by atoms with Crippen LogP contribution in [0.25, 0.3) is 0 Å². The molecule has 3 atom stereocenters. The third-order valence-corrected chi connectivity index (χ3v) is 4.99. The van der Waals surface area contributed by atoms with Gasteiger partial charge in [0.15, 0.2) is 0 Å². The standard InChI is InChI=1S/C14H22N2O2/c1-10-4-2-5-11(10)8-15-9-13(17)16-7-3-6-12(16)14(15)18/h10-12H,2-9H2,1H3. The minimum absolute atomic E-state index is 0.136. The molecule has 3 unspecified atom stereocenters. The fraction of sp³-hybridized carbons (Fsp3) is 0.857. The Morgan fingerprint density at radius 1 is 1.17 bits per heavy atom. The molecule has 4 nitrogen and oxygen atoms in total. The van der Waals surface area contributed by atoms with Gasteiger partial charge in [-0.25, -0.2) is 0 Å². The summed E-state index contributed by atoms with van der Waals surface area (Å²) < 4.78 is 0. The Morgan fingerprint density at radius 3 is 2.72 bits per heavy atom. The Balaban J connectivity index is 1.69. The zero-order valence-corrected chi connectivity index (χ0v) is 11.1. The molecule has 3 fully saturated rings. The summed E-state index contributed by atoms with van der Waals surface area (Å²) in [6.07, 6.45) is 5.61. The second-order valence-electron chi connectivity index (χ2n) is 6.13. The van der Waals surface area contributed by atoms with Gasteiger partial charge in [-0.3, -0.25) is 9.59 Å². The average molecular weight is 250 g/mol. The van der Waals surface area contributed by atoms with Gasteiger partial charge < -0.3 is 9.80 Å². The first kappa shape index (κ1) is 12.0. The van der Waals surface area contributed by atoms with E-state index < -0.39 is 0 Å². The lowest BCUT2D eigenvalue weighted by Crippen LogP contribution is -2.58. The third kappa shape index (κ3) is 1.91. The van der Waals surface area contributed by atoms with E-state index in [0.29, 0.717) is 18.4 Å². The Kier molecular flexibility index (Phi) is 3.04. The minimum Gasteiger partial charge on any atom is -0.331 e. The molecule has 0 spiro atoms. The number of hydrogen-bond acceptors (Lipinski definition) is 2. The van der Waals surface area contributed by atoms with Gasteiger partial charge in [0.25, 0.3) is 0 Å². The first-order valence-electron chi connectivity index (χ1n) is 7.25. The highest BCUT2D eigenvalue weighted by Gasteiger charge is 2.42. The monoisotopic (exact) mass is 250 g/mol. The molecule has 1 saturated carbocycles. The summed E-state index contributed by atoms with van der Waals surface area (Å²) in [5.74, 6) is 1.66. The number of carbonyl (C=O) groups excluding carboxylic acids is 2. The summed E-state index contributed by atoms with van der Waals surface area (Å²) in [5.41, 5.74) is 0. The van der Waals surface area contributed by atoms with E-state index >= 15 is 0 Å². The fourth-order valence-electron chi connectivity index (χ4n) is 3.80. The molecule has 2 saturated heterocycles. The molecule has 100 valence electrons. The van der Waals surface area contributed by atoms with Crippen LogP contribution in [0, 0.1) is 11.8 Å². The van der Waals surface area contributed by atoms with E-state index in [9.17, 15) is 9.59 Å². The second-order valence-corrected chi connectivity index (χ2v) is 6.13. The van der Waals surface area contributed by atoms with Crippen LogP contribution in [0.4, 0.5) is 0 Å². The van der Waals surface area contributed by atoms with Crippen LogP contribution in [-0.4, -0.2) is 47.3 Å². The van der Waals surface area contributed by atoms with Crippen LogP contribution in [-0.2, 0) is 9.59 Å². The molecule has 0 radical (unpaired) electrons. The van der Waals surface area contributed by atoms with Gasteiger partial charge in [-0.1, -0.05) is 19.8 Å². The van der Waals surface area contributed by atoms with Crippen molar-refractivity contribution in [3.8, 4) is 0 Å². The summed E-state index contributed by atoms with van der Waals surface area (Å²) in [6, 6.07) is -0.136. The summed E-state index contributed by atoms with van der Waals surface area (Å²) in [4.78, 5) is 28.0. The van der Waals surface area contributed by atoms with Crippen LogP contribution in [0.5, 0.6) is 0 Å². The van der Waals surface area contributed by atoms with Gasteiger partial charge in [-0.2, -0.15) is 0 Å². The van der Waals surface area contributed by atoms with Gasteiger partial charge in [-0.05, 0) is 31.1 Å². The Morgan fingerprint density at radius 2 is 2.00 bits per heavy atom. The number of piperazine rings is 1. The van der Waals surface area contributed by atoms with Crippen LogP contribution in [0.15, 0.2) is 0 Å². The van der Waals surface area contributed by atoms with Gasteiger partial charge >= 0.3 is 0 Å². The highest BCUT2D eigenvalue weighted by molar-refractivity contribution is 5.95. The Hall–Kier alpha value is -1.06. The molecule has 0 bridgehead atoms. The van der Waals surface area contributed by atoms with Gasteiger partial charge in [-0.15, -0.1) is 0 Å². The first-order valence-corrected chi connectivity index (χ1v) is 7.25. The highest BCUT2D eigenvalue weighted by atomic mass is 16.2. The van der Waals surface area contributed by atoms with Crippen LogP contribution in [0.3, 0.4) is 0 Å². The summed E-state index contributed by atoms with van der Waals surface area (Å²) >= 11 is 0. The van der Waals surface area contributed by atoms with E-state index in [2.05, 4.69) is 6.92 Å². The molecule has 3 rings (SSSR count). The van der Waals surface area contributed by atoms with Crippen LogP contribution < -0.4 is 0 Å². The van der Waals surface area contributed by atoms with Gasteiger partial charge in [0.1, 0.15) is 6.04 Å². The van der Waals surface area contributed by atoms with Crippen molar-refractivity contribution in [1.82, 2.24) is 9.80 Å². The average Bonchev–Trinajstić information content (AvgIpc) is 2.96. The minimum atomic E-state index is -0.136. The normalized spacial score (nSPS) is 36.4. The first-order chi connectivity index (χ1) is 8.66. The largest absolute Gasteiger partial charge is 0.331 e. The number of hydrogen-bond donors (Lipinski definition) is 0. The van der Waals surface area contributed by atoms with Crippen molar-refractivity contribution in [2.45, 2.75) is 45.1 Å². The van der Waals surface area contributed by atoms with Crippen molar-refractivity contribution in [1.29, 1.82) is 0 Å². The molecular formula is C14H22N2O2. The van der Waals surface area contributed by atoms with Crippen molar-refractivity contribution in [2.75, 3.05) is 19.6 Å².